The predicted molar refractivity (Wildman–Crippen MR) is 150 cm³/mol. The van der Waals surface area contributed by atoms with Crippen molar-refractivity contribution in [3.05, 3.63) is 92.6 Å². The van der Waals surface area contributed by atoms with Gasteiger partial charge in [0.2, 0.25) is 0 Å². The number of hydrogen-bond acceptors (Lipinski definition) is 7. The lowest BCUT2D eigenvalue weighted by molar-refractivity contribution is 0.176. The van der Waals surface area contributed by atoms with E-state index in [1.54, 1.807) is 13.2 Å². The van der Waals surface area contributed by atoms with Gasteiger partial charge < -0.3 is 30.6 Å². The first-order chi connectivity index (χ1) is 16.5. The Kier molecular flexibility index (Phi) is 11.7. The van der Waals surface area contributed by atoms with Gasteiger partial charge >= 0.3 is 4.87 Å². The zero-order valence-corrected chi connectivity index (χ0v) is 22.3. The lowest BCUT2D eigenvalue weighted by Gasteiger charge is -2.14. The van der Waals surface area contributed by atoms with Crippen LogP contribution in [0.5, 0.6) is 11.5 Å². The van der Waals surface area contributed by atoms with Crippen molar-refractivity contribution in [1.29, 1.82) is 0 Å². The van der Waals surface area contributed by atoms with Crippen molar-refractivity contribution in [2.45, 2.75) is 25.6 Å². The third kappa shape index (κ3) is 7.70. The fourth-order valence-corrected chi connectivity index (χ4v) is 4.83. The van der Waals surface area contributed by atoms with Gasteiger partial charge in [-0.3, -0.25) is 4.79 Å². The fraction of sp³-hybridized carbons (Fsp3) is 0.269. The number of halogens is 2. The second-order valence-corrected chi connectivity index (χ2v) is 9.12. The van der Waals surface area contributed by atoms with Crippen LogP contribution in [0.4, 0.5) is 0 Å². The van der Waals surface area contributed by atoms with E-state index in [0.717, 1.165) is 36.6 Å². The Balaban J connectivity index is 0.00000228. The molecule has 7 nitrogen and oxygen atoms in total. The maximum Gasteiger partial charge on any atom is 0.305 e. The molecule has 0 bridgehead atoms. The number of hydrogen-bond donors (Lipinski definition) is 5. The van der Waals surface area contributed by atoms with Crippen molar-refractivity contribution in [3.8, 4) is 11.5 Å². The summed E-state index contributed by atoms with van der Waals surface area (Å²) in [6.45, 7) is 2.60. The van der Waals surface area contributed by atoms with E-state index in [-0.39, 0.29) is 35.4 Å². The SMILES string of the molecule is COc1cccc(CNCc2cccc(CCNCC(O)c3ccc(O)c4[nH]c(=O)sc34)c2)c1.Cl.Cl. The highest BCUT2D eigenvalue weighted by atomic mass is 35.5. The summed E-state index contributed by atoms with van der Waals surface area (Å²) in [7, 11) is 1.67. The number of aliphatic hydroxyl groups excluding tert-OH is 1. The Morgan fingerprint density at radius 2 is 1.67 bits per heavy atom. The van der Waals surface area contributed by atoms with Gasteiger partial charge in [0.25, 0.3) is 0 Å². The highest BCUT2D eigenvalue weighted by molar-refractivity contribution is 7.16. The molecule has 0 radical (unpaired) electrons. The topological polar surface area (TPSA) is 107 Å². The van der Waals surface area contributed by atoms with E-state index in [9.17, 15) is 15.0 Å². The Bertz CT molecular complexity index is 1310. The maximum atomic E-state index is 11.7. The third-order valence-electron chi connectivity index (χ3n) is 5.66. The molecule has 0 fully saturated rings. The summed E-state index contributed by atoms with van der Waals surface area (Å²) in [5, 5.41) is 27.3. The Morgan fingerprint density at radius 3 is 2.42 bits per heavy atom. The lowest BCUT2D eigenvalue weighted by Crippen LogP contribution is -2.24. The number of rotatable bonds is 11. The van der Waals surface area contributed by atoms with Gasteiger partial charge in [0.15, 0.2) is 0 Å². The minimum Gasteiger partial charge on any atom is -0.506 e. The first-order valence-corrected chi connectivity index (χ1v) is 12.0. The number of methoxy groups -OCH3 is 1. The second kappa shape index (κ2) is 14.2. The molecule has 0 saturated heterocycles. The number of nitrogens with one attached hydrogen (secondary N) is 3. The largest absolute Gasteiger partial charge is 0.506 e. The quantitative estimate of drug-likeness (QED) is 0.178. The molecule has 194 valence electrons. The van der Waals surface area contributed by atoms with Crippen molar-refractivity contribution < 1.29 is 14.9 Å². The molecule has 1 unspecified atom stereocenters. The second-order valence-electron chi connectivity index (χ2n) is 8.14. The normalized spacial score (nSPS) is 11.5. The van der Waals surface area contributed by atoms with Crippen LogP contribution in [-0.4, -0.2) is 35.4 Å². The molecule has 10 heteroatoms. The first-order valence-electron chi connectivity index (χ1n) is 11.2. The number of aromatic hydroxyl groups is 1. The zero-order valence-electron chi connectivity index (χ0n) is 19.8. The fourth-order valence-electron chi connectivity index (χ4n) is 3.91. The molecule has 4 aromatic rings. The minimum absolute atomic E-state index is 0. The summed E-state index contributed by atoms with van der Waals surface area (Å²) in [6, 6.07) is 19.7. The van der Waals surface area contributed by atoms with Crippen LogP contribution in [0.25, 0.3) is 10.2 Å². The molecule has 3 aromatic carbocycles. The Morgan fingerprint density at radius 1 is 0.972 bits per heavy atom. The number of thiazole rings is 1. The molecule has 0 spiro atoms. The number of phenolic OH excluding ortho intramolecular Hbond substituents is 1. The van der Waals surface area contributed by atoms with Crippen molar-refractivity contribution >= 4 is 46.4 Å². The summed E-state index contributed by atoms with van der Waals surface area (Å²) < 4.78 is 5.86. The van der Waals surface area contributed by atoms with Gasteiger partial charge in [-0.05, 0) is 47.9 Å². The number of ether oxygens (including phenoxy) is 1. The zero-order chi connectivity index (χ0) is 23.9. The summed E-state index contributed by atoms with van der Waals surface area (Å²) in [5.74, 6) is 0.868. The molecule has 0 amide bonds. The van der Waals surface area contributed by atoms with Crippen LogP contribution in [0.1, 0.15) is 28.4 Å². The van der Waals surface area contributed by atoms with E-state index in [0.29, 0.717) is 28.9 Å². The van der Waals surface area contributed by atoms with Crippen LogP contribution in [-0.2, 0) is 19.5 Å². The van der Waals surface area contributed by atoms with E-state index < -0.39 is 6.10 Å². The minimum atomic E-state index is -0.776. The van der Waals surface area contributed by atoms with Crippen LogP contribution in [0.2, 0.25) is 0 Å². The van der Waals surface area contributed by atoms with Gasteiger partial charge in [-0.2, -0.15) is 0 Å². The number of phenols is 1. The summed E-state index contributed by atoms with van der Waals surface area (Å²) in [6.07, 6.45) is 0.0561. The van der Waals surface area contributed by atoms with Gasteiger partial charge in [0.05, 0.1) is 17.9 Å². The predicted octanol–water partition coefficient (Wildman–Crippen LogP) is 4.30. The van der Waals surface area contributed by atoms with Crippen LogP contribution in [0.3, 0.4) is 0 Å². The highest BCUT2D eigenvalue weighted by Gasteiger charge is 2.15. The van der Waals surface area contributed by atoms with Crippen molar-refractivity contribution in [3.63, 3.8) is 0 Å². The van der Waals surface area contributed by atoms with E-state index in [2.05, 4.69) is 45.9 Å². The van der Waals surface area contributed by atoms with Gasteiger partial charge in [0, 0.05) is 25.2 Å². The van der Waals surface area contributed by atoms with Gasteiger partial charge in [0.1, 0.15) is 17.0 Å². The monoisotopic (exact) mass is 551 g/mol. The van der Waals surface area contributed by atoms with Gasteiger partial charge in [-0.1, -0.05) is 53.8 Å². The Labute approximate surface area is 226 Å². The van der Waals surface area contributed by atoms with E-state index in [1.807, 2.05) is 18.2 Å². The molecule has 4 rings (SSSR count). The van der Waals surface area contributed by atoms with Crippen LogP contribution in [0, 0.1) is 0 Å². The number of aromatic amines is 1. The van der Waals surface area contributed by atoms with Crippen molar-refractivity contribution in [2.75, 3.05) is 20.2 Å². The first kappa shape index (κ1) is 29.6. The molecule has 0 aliphatic carbocycles. The molecule has 0 saturated carbocycles. The Hall–Kier alpha value is -2.59. The molecule has 36 heavy (non-hydrogen) atoms. The molecule has 0 aliphatic rings. The highest BCUT2D eigenvalue weighted by Crippen LogP contribution is 2.31. The average molecular weight is 553 g/mol. The van der Waals surface area contributed by atoms with Crippen LogP contribution < -0.4 is 20.2 Å². The lowest BCUT2D eigenvalue weighted by atomic mass is 10.1. The summed E-state index contributed by atoms with van der Waals surface area (Å²) in [5.41, 5.74) is 4.63. The van der Waals surface area contributed by atoms with Gasteiger partial charge in [-0.15, -0.1) is 24.8 Å². The molecule has 1 heterocycles. The number of aromatic nitrogens is 1. The average Bonchev–Trinajstić information content (AvgIpc) is 3.24. The molecule has 5 N–H and O–H groups in total. The van der Waals surface area contributed by atoms with Crippen molar-refractivity contribution in [1.82, 2.24) is 15.6 Å². The number of fused-ring (bicyclic) bond motifs is 1. The molecule has 1 atom stereocenters. The van der Waals surface area contributed by atoms with E-state index in [4.69, 9.17) is 4.74 Å². The van der Waals surface area contributed by atoms with Crippen LogP contribution in [0.15, 0.2) is 65.5 Å². The molecule has 1 aromatic heterocycles. The summed E-state index contributed by atoms with van der Waals surface area (Å²) in [4.78, 5) is 14.0. The molecule has 0 aliphatic heterocycles. The van der Waals surface area contributed by atoms with Crippen molar-refractivity contribution in [2.24, 2.45) is 0 Å². The molecular weight excluding hydrogens is 521 g/mol. The standard InChI is InChI=1S/C26H29N3O4S.2ClH/c1-33-20-7-3-6-19(13-20)15-28-14-18-5-2-4-17(12-18)10-11-27-16-23(31)21-8-9-22(30)24-25(21)34-26(32)29-24;;/h2-9,12-13,23,27-28,30-31H,10-11,14-16H2,1H3,(H,29,32);2*1H. The maximum absolute atomic E-state index is 11.7. The third-order valence-corrected chi connectivity index (χ3v) is 6.59. The number of benzene rings is 3. The number of aliphatic hydroxyl groups is 1. The van der Waals surface area contributed by atoms with Gasteiger partial charge in [-0.25, -0.2) is 0 Å². The van der Waals surface area contributed by atoms with E-state index in [1.165, 1.54) is 22.8 Å². The number of H-pyrrole nitrogens is 1. The van der Waals surface area contributed by atoms with Crippen LogP contribution >= 0.6 is 36.2 Å². The smallest absolute Gasteiger partial charge is 0.305 e. The molecular formula is C26H31Cl2N3O4S. The van der Waals surface area contributed by atoms with E-state index >= 15 is 0 Å². The summed E-state index contributed by atoms with van der Waals surface area (Å²) >= 11 is 0.995.